The van der Waals surface area contributed by atoms with Crippen molar-refractivity contribution in [2.24, 2.45) is 5.92 Å². The lowest BCUT2D eigenvalue weighted by Crippen LogP contribution is -2.17. The van der Waals surface area contributed by atoms with Gasteiger partial charge in [0.1, 0.15) is 11.6 Å². The van der Waals surface area contributed by atoms with Crippen LogP contribution in [0.4, 0.5) is 5.82 Å². The molecule has 0 bridgehead atoms. The Morgan fingerprint density at radius 1 is 1.67 bits per heavy atom. The van der Waals surface area contributed by atoms with Gasteiger partial charge < -0.3 is 5.32 Å². The molecule has 0 amide bonds. The average molecular weight is 265 g/mol. The Bertz CT molecular complexity index is 613. The van der Waals surface area contributed by atoms with Crippen LogP contribution in [-0.4, -0.2) is 37.6 Å². The van der Waals surface area contributed by atoms with Crippen molar-refractivity contribution in [3.63, 3.8) is 0 Å². The molecule has 0 spiro atoms. The van der Waals surface area contributed by atoms with E-state index in [4.69, 9.17) is 0 Å². The van der Waals surface area contributed by atoms with Crippen LogP contribution in [0.15, 0.2) is 10.9 Å². The molecule has 1 aliphatic rings. The highest BCUT2D eigenvalue weighted by atomic mass is 32.2. The molecule has 1 aliphatic heterocycles. The van der Waals surface area contributed by atoms with Crippen molar-refractivity contribution >= 4 is 23.2 Å². The predicted molar refractivity (Wildman–Crippen MR) is 72.3 cm³/mol. The molecular formula is C11H15N5OS. The number of hydrogen-bond donors (Lipinski definition) is 2. The van der Waals surface area contributed by atoms with Crippen LogP contribution in [0.2, 0.25) is 0 Å². The van der Waals surface area contributed by atoms with E-state index in [9.17, 15) is 4.79 Å². The second kappa shape index (κ2) is 4.64. The average Bonchev–Trinajstić information content (AvgIpc) is 2.97. The van der Waals surface area contributed by atoms with E-state index >= 15 is 0 Å². The number of aryl methyl sites for hydroxylation is 1. The molecule has 18 heavy (non-hydrogen) atoms. The second-order valence-electron chi connectivity index (χ2n) is 4.52. The molecule has 2 aromatic heterocycles. The van der Waals surface area contributed by atoms with Gasteiger partial charge in [-0.15, -0.1) is 0 Å². The highest BCUT2D eigenvalue weighted by Gasteiger charge is 2.15. The van der Waals surface area contributed by atoms with Crippen LogP contribution in [-0.2, 0) is 0 Å². The first-order chi connectivity index (χ1) is 8.74. The fraction of sp³-hybridized carbons (Fsp3) is 0.545. The maximum Gasteiger partial charge on any atom is 0.349 e. The number of thioether (sulfide) groups is 1. The second-order valence-corrected chi connectivity index (χ2v) is 5.67. The summed E-state index contributed by atoms with van der Waals surface area (Å²) in [5, 5.41) is 9.72. The predicted octanol–water partition coefficient (Wildman–Crippen LogP) is 0.891. The molecule has 0 aliphatic carbocycles. The van der Waals surface area contributed by atoms with E-state index < -0.39 is 0 Å². The summed E-state index contributed by atoms with van der Waals surface area (Å²) in [6.45, 7) is 2.74. The first-order valence-electron chi connectivity index (χ1n) is 6.00. The van der Waals surface area contributed by atoms with Gasteiger partial charge in [0.15, 0.2) is 5.65 Å². The van der Waals surface area contributed by atoms with Crippen molar-refractivity contribution in [1.29, 1.82) is 0 Å². The summed E-state index contributed by atoms with van der Waals surface area (Å²) in [6, 6.07) is 1.80. The Kier molecular flexibility index (Phi) is 2.99. The topological polar surface area (TPSA) is 75.1 Å². The number of aromatic nitrogens is 4. The van der Waals surface area contributed by atoms with Crippen molar-refractivity contribution in [3.05, 3.63) is 22.4 Å². The van der Waals surface area contributed by atoms with Crippen LogP contribution in [0, 0.1) is 12.8 Å². The number of nitrogens with one attached hydrogen (secondary N) is 2. The molecule has 1 unspecified atom stereocenters. The van der Waals surface area contributed by atoms with E-state index in [1.54, 1.807) is 13.0 Å². The van der Waals surface area contributed by atoms with Crippen LogP contribution in [0.3, 0.4) is 0 Å². The molecule has 0 saturated carbocycles. The molecular weight excluding hydrogens is 250 g/mol. The number of hydrogen-bond acceptors (Lipinski definition) is 5. The minimum absolute atomic E-state index is 0.242. The number of H-pyrrole nitrogens is 1. The van der Waals surface area contributed by atoms with E-state index in [-0.39, 0.29) is 5.69 Å². The van der Waals surface area contributed by atoms with Gasteiger partial charge in [-0.05, 0) is 30.8 Å². The summed E-state index contributed by atoms with van der Waals surface area (Å²) in [5.74, 6) is 4.63. The molecule has 2 N–H and O–H groups in total. The van der Waals surface area contributed by atoms with Crippen molar-refractivity contribution in [1.82, 2.24) is 19.6 Å². The zero-order valence-electron chi connectivity index (χ0n) is 10.1. The highest BCUT2D eigenvalue weighted by molar-refractivity contribution is 7.99. The molecule has 0 radical (unpaired) electrons. The summed E-state index contributed by atoms with van der Waals surface area (Å²) < 4.78 is 1.47. The molecule has 96 valence electrons. The van der Waals surface area contributed by atoms with E-state index in [0.29, 0.717) is 11.5 Å². The monoisotopic (exact) mass is 265 g/mol. The number of aromatic amines is 1. The highest BCUT2D eigenvalue weighted by Crippen LogP contribution is 2.23. The van der Waals surface area contributed by atoms with Gasteiger partial charge in [-0.3, -0.25) is 0 Å². The number of fused-ring (bicyclic) bond motifs is 1. The third-order valence-corrected chi connectivity index (χ3v) is 4.40. The van der Waals surface area contributed by atoms with Gasteiger partial charge in [-0.25, -0.2) is 19.3 Å². The number of nitrogens with zero attached hydrogens (tertiary/aromatic N) is 3. The van der Waals surface area contributed by atoms with Crippen LogP contribution in [0.5, 0.6) is 0 Å². The zero-order valence-corrected chi connectivity index (χ0v) is 11.0. The quantitative estimate of drug-likeness (QED) is 0.862. The molecule has 3 rings (SSSR count). The van der Waals surface area contributed by atoms with Crippen molar-refractivity contribution < 1.29 is 0 Å². The van der Waals surface area contributed by atoms with Crippen LogP contribution >= 0.6 is 11.8 Å². The molecule has 1 saturated heterocycles. The zero-order chi connectivity index (χ0) is 12.5. The maximum atomic E-state index is 11.5. The van der Waals surface area contributed by atoms with Crippen LogP contribution in [0.25, 0.3) is 5.65 Å². The fourth-order valence-corrected chi connectivity index (χ4v) is 3.47. The molecule has 0 aromatic carbocycles. The Hall–Kier alpha value is -1.50. The van der Waals surface area contributed by atoms with E-state index in [2.05, 4.69) is 20.5 Å². The van der Waals surface area contributed by atoms with Gasteiger partial charge in [-0.1, -0.05) is 0 Å². The van der Waals surface area contributed by atoms with E-state index in [0.717, 1.165) is 18.3 Å². The molecule has 6 nitrogen and oxygen atoms in total. The third-order valence-electron chi connectivity index (χ3n) is 3.17. The summed E-state index contributed by atoms with van der Waals surface area (Å²) in [4.78, 5) is 15.8. The Morgan fingerprint density at radius 3 is 3.33 bits per heavy atom. The minimum Gasteiger partial charge on any atom is -0.370 e. The molecule has 7 heteroatoms. The smallest absolute Gasteiger partial charge is 0.349 e. The Morgan fingerprint density at radius 2 is 2.56 bits per heavy atom. The van der Waals surface area contributed by atoms with Crippen molar-refractivity contribution in [2.45, 2.75) is 13.3 Å². The van der Waals surface area contributed by atoms with Gasteiger partial charge in [0.25, 0.3) is 0 Å². The maximum absolute atomic E-state index is 11.5. The lowest BCUT2D eigenvalue weighted by molar-refractivity contribution is 0.630. The standard InChI is InChI=1S/C11H15N5OS/c1-7-13-9(12-5-8-2-3-18-6-8)4-10-14-15-11(17)16(7)10/h4,8,12H,2-3,5-6H2,1H3,(H,15,17). The normalized spacial score (nSPS) is 19.5. The van der Waals surface area contributed by atoms with Gasteiger partial charge in [0.2, 0.25) is 0 Å². The lowest BCUT2D eigenvalue weighted by Gasteiger charge is -2.11. The van der Waals surface area contributed by atoms with Gasteiger partial charge >= 0.3 is 5.69 Å². The van der Waals surface area contributed by atoms with Crippen LogP contribution in [0.1, 0.15) is 12.2 Å². The number of anilines is 1. The first kappa shape index (κ1) is 11.6. The van der Waals surface area contributed by atoms with E-state index in [1.807, 2.05) is 11.8 Å². The summed E-state index contributed by atoms with van der Waals surface area (Å²) in [7, 11) is 0. The van der Waals surface area contributed by atoms with Crippen LogP contribution < -0.4 is 11.0 Å². The SMILES string of the molecule is Cc1nc(NCC2CCSC2)cc2n[nH]c(=O)n12. The molecule has 1 fully saturated rings. The summed E-state index contributed by atoms with van der Waals surface area (Å²) in [5.41, 5.74) is 0.365. The largest absolute Gasteiger partial charge is 0.370 e. The molecule has 2 aromatic rings. The summed E-state index contributed by atoms with van der Waals surface area (Å²) >= 11 is 2.00. The van der Waals surface area contributed by atoms with Crippen molar-refractivity contribution in [2.75, 3.05) is 23.4 Å². The van der Waals surface area contributed by atoms with Gasteiger partial charge in [0, 0.05) is 12.6 Å². The summed E-state index contributed by atoms with van der Waals surface area (Å²) in [6.07, 6.45) is 1.26. The minimum atomic E-state index is -0.242. The molecule has 1 atom stereocenters. The van der Waals surface area contributed by atoms with Gasteiger partial charge in [0.05, 0.1) is 0 Å². The van der Waals surface area contributed by atoms with Gasteiger partial charge in [-0.2, -0.15) is 16.9 Å². The third kappa shape index (κ3) is 2.10. The Balaban J connectivity index is 1.81. The lowest BCUT2D eigenvalue weighted by atomic mass is 10.1. The van der Waals surface area contributed by atoms with Crippen molar-refractivity contribution in [3.8, 4) is 0 Å². The number of rotatable bonds is 3. The first-order valence-corrected chi connectivity index (χ1v) is 7.16. The Labute approximate surface area is 108 Å². The fourth-order valence-electron chi connectivity index (χ4n) is 2.18. The molecule has 3 heterocycles. The van der Waals surface area contributed by atoms with E-state index in [1.165, 1.54) is 22.3 Å².